The Morgan fingerprint density at radius 3 is 2.03 bits per heavy atom. The molecule has 5 nitrogen and oxygen atoms in total. The first-order chi connectivity index (χ1) is 13.9. The molecule has 4 rings (SSSR count). The van der Waals surface area contributed by atoms with E-state index in [1.54, 1.807) is 7.11 Å². The number of carbonyl (C=O) groups is 2. The number of rotatable bonds is 4. The van der Waals surface area contributed by atoms with E-state index < -0.39 is 0 Å². The minimum Gasteiger partial charge on any atom is -0.493 e. The molecule has 0 unspecified atom stereocenters. The first-order valence-corrected chi connectivity index (χ1v) is 10.5. The lowest BCUT2D eigenvalue weighted by atomic mass is 9.71. The maximum atomic E-state index is 13.0. The molecule has 1 aromatic rings. The van der Waals surface area contributed by atoms with Crippen LogP contribution in [0, 0.1) is 0 Å². The number of hydrogen-bond acceptors (Lipinski definition) is 5. The van der Waals surface area contributed by atoms with Crippen molar-refractivity contribution >= 4 is 11.6 Å². The number of ether oxygens (including phenoxy) is 2. The first kappa shape index (κ1) is 19.7. The van der Waals surface area contributed by atoms with E-state index in [4.69, 9.17) is 9.47 Å². The number of benzene rings is 1. The number of hydrogen-bond donors (Lipinski definition) is 0. The van der Waals surface area contributed by atoms with Crippen molar-refractivity contribution in [1.82, 2.24) is 4.90 Å². The molecule has 5 heteroatoms. The average Bonchev–Trinajstić information content (AvgIpc) is 2.69. The van der Waals surface area contributed by atoms with Crippen molar-refractivity contribution in [3.8, 4) is 11.5 Å². The van der Waals surface area contributed by atoms with Crippen LogP contribution in [0.5, 0.6) is 11.5 Å². The highest BCUT2D eigenvalue weighted by molar-refractivity contribution is 6.06. The molecular weight excluding hydrogens is 366 g/mol. The highest BCUT2D eigenvalue weighted by Crippen LogP contribution is 2.49. The second-order valence-corrected chi connectivity index (χ2v) is 8.34. The number of allylic oxidation sites excluding steroid dienone is 4. The molecule has 0 fully saturated rings. The zero-order valence-electron chi connectivity index (χ0n) is 17.7. The van der Waals surface area contributed by atoms with Crippen molar-refractivity contribution < 1.29 is 19.1 Å². The van der Waals surface area contributed by atoms with Gasteiger partial charge in [-0.05, 0) is 57.2 Å². The fraction of sp³-hybridized carbons (Fsp3) is 0.500. The van der Waals surface area contributed by atoms with Gasteiger partial charge in [0.05, 0.1) is 13.2 Å². The lowest BCUT2D eigenvalue weighted by Gasteiger charge is -2.42. The van der Waals surface area contributed by atoms with Gasteiger partial charge in [0.2, 0.25) is 0 Å². The van der Waals surface area contributed by atoms with E-state index in [0.717, 1.165) is 53.8 Å². The van der Waals surface area contributed by atoms with Crippen molar-refractivity contribution in [3.05, 3.63) is 46.3 Å². The van der Waals surface area contributed by atoms with Crippen LogP contribution in [0.25, 0.3) is 0 Å². The number of methoxy groups -OCH3 is 1. The van der Waals surface area contributed by atoms with Gasteiger partial charge in [-0.1, -0.05) is 6.07 Å². The van der Waals surface area contributed by atoms with Gasteiger partial charge >= 0.3 is 0 Å². The molecule has 29 heavy (non-hydrogen) atoms. The van der Waals surface area contributed by atoms with Crippen LogP contribution < -0.4 is 9.47 Å². The Balaban J connectivity index is 1.88. The minimum absolute atomic E-state index is 0.0292. The molecule has 0 bridgehead atoms. The zero-order valence-corrected chi connectivity index (χ0v) is 17.7. The van der Waals surface area contributed by atoms with Crippen molar-refractivity contribution in [2.24, 2.45) is 0 Å². The highest BCUT2D eigenvalue weighted by Gasteiger charge is 2.42. The van der Waals surface area contributed by atoms with Gasteiger partial charge in [-0.25, -0.2) is 0 Å². The Morgan fingerprint density at radius 1 is 0.931 bits per heavy atom. The zero-order chi connectivity index (χ0) is 20.7. The summed E-state index contributed by atoms with van der Waals surface area (Å²) in [6, 6.07) is 5.81. The predicted octanol–water partition coefficient (Wildman–Crippen LogP) is 4.53. The molecule has 3 aliphatic rings. The fourth-order valence-electron chi connectivity index (χ4n) is 4.90. The molecule has 1 aromatic carbocycles. The normalized spacial score (nSPS) is 20.2. The summed E-state index contributed by atoms with van der Waals surface area (Å²) in [5.41, 5.74) is 4.69. The molecule has 0 saturated heterocycles. The third kappa shape index (κ3) is 3.37. The summed E-state index contributed by atoms with van der Waals surface area (Å²) in [5.74, 6) is 1.32. The van der Waals surface area contributed by atoms with E-state index in [2.05, 4.69) is 4.90 Å². The first-order valence-electron chi connectivity index (χ1n) is 10.5. The molecule has 0 atom stereocenters. The Morgan fingerprint density at radius 2 is 1.52 bits per heavy atom. The van der Waals surface area contributed by atoms with Gasteiger partial charge in [0.25, 0.3) is 0 Å². The molecule has 0 aromatic heterocycles. The van der Waals surface area contributed by atoms with Crippen LogP contribution in [0.4, 0.5) is 0 Å². The van der Waals surface area contributed by atoms with Gasteiger partial charge in [-0.2, -0.15) is 0 Å². The van der Waals surface area contributed by atoms with Crippen LogP contribution in [0.2, 0.25) is 0 Å². The number of carbonyl (C=O) groups excluding carboxylic acids is 2. The van der Waals surface area contributed by atoms with E-state index in [1.165, 1.54) is 0 Å². The Kier molecular flexibility index (Phi) is 5.24. The third-order valence-corrected chi connectivity index (χ3v) is 6.13. The summed E-state index contributed by atoms with van der Waals surface area (Å²) in [6.07, 6.45) is 4.62. The Labute approximate surface area is 172 Å². The summed E-state index contributed by atoms with van der Waals surface area (Å²) in [6.45, 7) is 3.94. The minimum atomic E-state index is -0.307. The molecule has 1 aliphatic heterocycles. The Bertz CT molecular complexity index is 881. The molecule has 1 heterocycles. The van der Waals surface area contributed by atoms with Gasteiger partial charge in [-0.15, -0.1) is 0 Å². The van der Waals surface area contributed by atoms with Crippen LogP contribution in [0.15, 0.2) is 40.7 Å². The van der Waals surface area contributed by atoms with Crippen LogP contribution in [-0.4, -0.2) is 36.7 Å². The molecular formula is C24H29NO4. The van der Waals surface area contributed by atoms with E-state index in [1.807, 2.05) is 39.1 Å². The summed E-state index contributed by atoms with van der Waals surface area (Å²) in [7, 11) is 3.63. The second kappa shape index (κ2) is 7.69. The van der Waals surface area contributed by atoms with E-state index >= 15 is 0 Å². The van der Waals surface area contributed by atoms with Crippen LogP contribution in [0.3, 0.4) is 0 Å². The summed E-state index contributed by atoms with van der Waals surface area (Å²) in [4.78, 5) is 28.2. The van der Waals surface area contributed by atoms with E-state index in [-0.39, 0.29) is 23.6 Å². The summed E-state index contributed by atoms with van der Waals surface area (Å²) in [5, 5.41) is 0. The SMILES string of the molecule is COc1cc(C2C3=C(CCCC3=O)N(C)C3=C2C(=O)CCC3)ccc1OC(C)C. The average molecular weight is 395 g/mol. The molecule has 154 valence electrons. The number of Topliss-reactive ketones (excluding diaryl/α,β-unsaturated/α-hetero) is 2. The van der Waals surface area contributed by atoms with Gasteiger partial charge in [0.15, 0.2) is 23.1 Å². The van der Waals surface area contributed by atoms with Crippen LogP contribution in [0.1, 0.15) is 63.9 Å². The van der Waals surface area contributed by atoms with Crippen molar-refractivity contribution in [3.63, 3.8) is 0 Å². The van der Waals surface area contributed by atoms with Crippen molar-refractivity contribution in [1.29, 1.82) is 0 Å². The molecule has 2 aliphatic carbocycles. The maximum absolute atomic E-state index is 13.0. The quantitative estimate of drug-likeness (QED) is 0.750. The van der Waals surface area contributed by atoms with Crippen molar-refractivity contribution in [2.45, 2.75) is 64.4 Å². The van der Waals surface area contributed by atoms with Crippen LogP contribution >= 0.6 is 0 Å². The topological polar surface area (TPSA) is 55.8 Å². The molecule has 0 radical (unpaired) electrons. The van der Waals surface area contributed by atoms with Gasteiger partial charge < -0.3 is 14.4 Å². The Hall–Kier alpha value is -2.56. The maximum Gasteiger partial charge on any atom is 0.161 e. The lowest BCUT2D eigenvalue weighted by Crippen LogP contribution is -2.37. The third-order valence-electron chi connectivity index (χ3n) is 6.13. The van der Waals surface area contributed by atoms with Crippen LogP contribution in [-0.2, 0) is 9.59 Å². The molecule has 0 amide bonds. The fourth-order valence-corrected chi connectivity index (χ4v) is 4.90. The van der Waals surface area contributed by atoms with E-state index in [9.17, 15) is 9.59 Å². The van der Waals surface area contributed by atoms with Crippen molar-refractivity contribution in [2.75, 3.05) is 14.2 Å². The van der Waals surface area contributed by atoms with E-state index in [0.29, 0.717) is 24.3 Å². The molecule has 0 saturated carbocycles. The largest absolute Gasteiger partial charge is 0.493 e. The monoisotopic (exact) mass is 395 g/mol. The van der Waals surface area contributed by atoms with Gasteiger partial charge in [0.1, 0.15) is 0 Å². The van der Waals surface area contributed by atoms with Gasteiger partial charge in [0, 0.05) is 48.3 Å². The predicted molar refractivity (Wildman–Crippen MR) is 111 cm³/mol. The number of nitrogens with zero attached hydrogens (tertiary/aromatic N) is 1. The van der Waals surface area contributed by atoms with Gasteiger partial charge in [-0.3, -0.25) is 9.59 Å². The highest BCUT2D eigenvalue weighted by atomic mass is 16.5. The number of ketones is 2. The smallest absolute Gasteiger partial charge is 0.161 e. The lowest BCUT2D eigenvalue weighted by molar-refractivity contribution is -0.117. The standard InChI is InChI=1S/C24H29NO4/c1-14(2)29-20-12-11-15(13-21(20)28-4)22-23-16(7-5-9-18(23)26)25(3)17-8-6-10-19(27)24(17)22/h11-14,22H,5-10H2,1-4H3. The molecule has 0 N–H and O–H groups in total. The summed E-state index contributed by atoms with van der Waals surface area (Å²) >= 11 is 0. The second-order valence-electron chi connectivity index (χ2n) is 8.34. The summed E-state index contributed by atoms with van der Waals surface area (Å²) < 4.78 is 11.4. The molecule has 0 spiro atoms.